The zero-order valence-corrected chi connectivity index (χ0v) is 17.6. The zero-order valence-electron chi connectivity index (χ0n) is 15.9. The Labute approximate surface area is 180 Å². The van der Waals surface area contributed by atoms with E-state index in [1.54, 1.807) is 6.08 Å². The van der Waals surface area contributed by atoms with Gasteiger partial charge in [0.15, 0.2) is 0 Å². The van der Waals surface area contributed by atoms with E-state index in [1.807, 2.05) is 19.1 Å². The number of amides is 1. The predicted octanol–water partition coefficient (Wildman–Crippen LogP) is 5.37. The molecule has 1 aliphatic rings. The van der Waals surface area contributed by atoms with Crippen molar-refractivity contribution in [2.45, 2.75) is 18.0 Å². The molecule has 2 N–H and O–H groups in total. The predicted molar refractivity (Wildman–Crippen MR) is 114 cm³/mol. The van der Waals surface area contributed by atoms with Crippen molar-refractivity contribution in [3.8, 4) is 0 Å². The lowest BCUT2D eigenvalue weighted by molar-refractivity contribution is -0.137. The third-order valence-corrected chi connectivity index (χ3v) is 6.92. The Morgan fingerprint density at radius 3 is 2.35 bits per heavy atom. The van der Waals surface area contributed by atoms with Crippen molar-refractivity contribution >= 4 is 50.3 Å². The van der Waals surface area contributed by atoms with Gasteiger partial charge in [0.1, 0.15) is 0 Å². The third-order valence-electron chi connectivity index (χ3n) is 4.60. The standard InChI is InChI=1S/C21H15F3N2O3S2/c1-12-2-7-15(30-12)10-18-17-11-16(8-9-19(17)25-20(18)27)31(28,29)26-14-5-3-13(4-6-14)21(22,23)24/h2-11,26H,1H3,(H,25,27). The molecular weight excluding hydrogens is 449 g/mol. The lowest BCUT2D eigenvalue weighted by atomic mass is 10.1. The Morgan fingerprint density at radius 2 is 1.74 bits per heavy atom. The number of aryl methyl sites for hydroxylation is 1. The first kappa shape index (κ1) is 21.1. The molecule has 0 unspecified atom stereocenters. The van der Waals surface area contributed by atoms with Gasteiger partial charge in [-0.1, -0.05) is 0 Å². The number of anilines is 2. The molecule has 0 saturated heterocycles. The highest BCUT2D eigenvalue weighted by Gasteiger charge is 2.30. The number of halogens is 3. The molecule has 1 amide bonds. The second kappa shape index (κ2) is 7.54. The van der Waals surface area contributed by atoms with Gasteiger partial charge in [-0.3, -0.25) is 9.52 Å². The minimum atomic E-state index is -4.51. The van der Waals surface area contributed by atoms with Crippen molar-refractivity contribution in [1.29, 1.82) is 0 Å². The molecule has 2 aromatic carbocycles. The number of rotatable bonds is 4. The van der Waals surface area contributed by atoms with Crippen molar-refractivity contribution in [2.75, 3.05) is 10.0 Å². The van der Waals surface area contributed by atoms with Crippen molar-refractivity contribution in [3.63, 3.8) is 0 Å². The molecule has 0 atom stereocenters. The molecule has 4 rings (SSSR count). The van der Waals surface area contributed by atoms with Gasteiger partial charge in [0.25, 0.3) is 15.9 Å². The number of alkyl halides is 3. The van der Waals surface area contributed by atoms with Gasteiger partial charge in [-0.15, -0.1) is 11.3 Å². The van der Waals surface area contributed by atoms with Gasteiger partial charge >= 0.3 is 6.18 Å². The van der Waals surface area contributed by atoms with Crippen LogP contribution in [0.3, 0.4) is 0 Å². The van der Waals surface area contributed by atoms with E-state index in [4.69, 9.17) is 0 Å². The Morgan fingerprint density at radius 1 is 1.03 bits per heavy atom. The van der Waals surface area contributed by atoms with Crippen LogP contribution >= 0.6 is 11.3 Å². The van der Waals surface area contributed by atoms with Crippen LogP contribution in [0, 0.1) is 6.92 Å². The van der Waals surface area contributed by atoms with Gasteiger partial charge in [0, 0.05) is 26.7 Å². The number of sulfonamides is 1. The van der Waals surface area contributed by atoms with Gasteiger partial charge in [0.2, 0.25) is 0 Å². The first-order chi connectivity index (χ1) is 14.5. The third kappa shape index (κ3) is 4.35. The van der Waals surface area contributed by atoms with Crippen LogP contribution in [0.1, 0.15) is 20.9 Å². The van der Waals surface area contributed by atoms with Crippen LogP contribution in [0.5, 0.6) is 0 Å². The maximum absolute atomic E-state index is 12.8. The van der Waals surface area contributed by atoms with E-state index >= 15 is 0 Å². The Hall–Kier alpha value is -3.11. The maximum Gasteiger partial charge on any atom is 0.416 e. The SMILES string of the molecule is Cc1ccc(C=C2C(=O)Nc3ccc(S(=O)(=O)Nc4ccc(C(F)(F)F)cc4)cc32)s1. The number of thiophene rings is 1. The fourth-order valence-electron chi connectivity index (χ4n) is 3.09. The van der Waals surface area contributed by atoms with E-state index in [2.05, 4.69) is 10.0 Å². The quantitative estimate of drug-likeness (QED) is 0.510. The number of fused-ring (bicyclic) bond motifs is 1. The fourth-order valence-corrected chi connectivity index (χ4v) is 5.00. The lowest BCUT2D eigenvalue weighted by Crippen LogP contribution is -2.13. The first-order valence-electron chi connectivity index (χ1n) is 8.97. The average molecular weight is 464 g/mol. The van der Waals surface area contributed by atoms with E-state index in [1.165, 1.54) is 29.5 Å². The molecule has 1 aliphatic heterocycles. The Kier molecular flexibility index (Phi) is 5.14. The monoisotopic (exact) mass is 464 g/mol. The molecule has 3 aromatic rings. The first-order valence-corrected chi connectivity index (χ1v) is 11.3. The summed E-state index contributed by atoms with van der Waals surface area (Å²) in [4.78, 5) is 14.2. The summed E-state index contributed by atoms with van der Waals surface area (Å²) in [7, 11) is -4.09. The summed E-state index contributed by atoms with van der Waals surface area (Å²) in [5.41, 5.74) is 0.372. The molecule has 2 heterocycles. The van der Waals surface area contributed by atoms with Crippen LogP contribution in [0.4, 0.5) is 24.5 Å². The molecule has 31 heavy (non-hydrogen) atoms. The van der Waals surface area contributed by atoms with Crippen LogP contribution in [-0.4, -0.2) is 14.3 Å². The molecule has 0 fully saturated rings. The van der Waals surface area contributed by atoms with Crippen molar-refractivity contribution in [2.24, 2.45) is 0 Å². The lowest BCUT2D eigenvalue weighted by Gasteiger charge is -2.11. The Balaban J connectivity index is 1.65. The van der Waals surface area contributed by atoms with Gasteiger partial charge in [-0.25, -0.2) is 8.42 Å². The van der Waals surface area contributed by atoms with E-state index in [0.717, 1.165) is 34.0 Å². The maximum atomic E-state index is 12.8. The number of carbonyl (C=O) groups is 1. The molecule has 0 bridgehead atoms. The summed E-state index contributed by atoms with van der Waals surface area (Å²) < 4.78 is 65.9. The summed E-state index contributed by atoms with van der Waals surface area (Å²) in [5, 5.41) is 2.70. The molecule has 0 radical (unpaired) electrons. The molecule has 1 aromatic heterocycles. The van der Waals surface area contributed by atoms with Gasteiger partial charge < -0.3 is 5.32 Å². The highest BCUT2D eigenvalue weighted by atomic mass is 32.2. The van der Waals surface area contributed by atoms with Crippen LogP contribution in [0.15, 0.2) is 59.5 Å². The average Bonchev–Trinajstić information content (AvgIpc) is 3.24. The molecule has 0 spiro atoms. The Bertz CT molecular complexity index is 1310. The number of carbonyl (C=O) groups excluding carboxylic acids is 1. The van der Waals surface area contributed by atoms with Crippen LogP contribution in [-0.2, 0) is 21.0 Å². The number of benzene rings is 2. The van der Waals surface area contributed by atoms with E-state index < -0.39 is 21.8 Å². The summed E-state index contributed by atoms with van der Waals surface area (Å²) in [6, 6.07) is 11.6. The summed E-state index contributed by atoms with van der Waals surface area (Å²) in [6.45, 7) is 1.94. The molecule has 0 aliphatic carbocycles. The van der Waals surface area contributed by atoms with Crippen molar-refractivity contribution in [1.82, 2.24) is 0 Å². The molecule has 10 heteroatoms. The molecular formula is C21H15F3N2O3S2. The summed E-state index contributed by atoms with van der Waals surface area (Å²) >= 11 is 1.50. The minimum Gasteiger partial charge on any atom is -0.321 e. The topological polar surface area (TPSA) is 75.3 Å². The molecule has 5 nitrogen and oxygen atoms in total. The molecule has 0 saturated carbocycles. The van der Waals surface area contributed by atoms with Gasteiger partial charge in [-0.2, -0.15) is 13.2 Å². The van der Waals surface area contributed by atoms with E-state index in [0.29, 0.717) is 16.8 Å². The fraction of sp³-hybridized carbons (Fsp3) is 0.0952. The van der Waals surface area contributed by atoms with Crippen LogP contribution in [0.25, 0.3) is 11.6 Å². The van der Waals surface area contributed by atoms with Crippen LogP contribution in [0.2, 0.25) is 0 Å². The number of hydrogen-bond acceptors (Lipinski definition) is 4. The molecule has 160 valence electrons. The van der Waals surface area contributed by atoms with E-state index in [-0.39, 0.29) is 16.5 Å². The van der Waals surface area contributed by atoms with Gasteiger partial charge in [-0.05, 0) is 67.6 Å². The summed E-state index contributed by atoms with van der Waals surface area (Å²) in [5.74, 6) is -0.341. The number of hydrogen-bond donors (Lipinski definition) is 2. The van der Waals surface area contributed by atoms with Crippen molar-refractivity contribution in [3.05, 3.63) is 75.5 Å². The van der Waals surface area contributed by atoms with Gasteiger partial charge in [0.05, 0.1) is 16.0 Å². The smallest absolute Gasteiger partial charge is 0.321 e. The highest BCUT2D eigenvalue weighted by molar-refractivity contribution is 7.92. The van der Waals surface area contributed by atoms with Crippen LogP contribution < -0.4 is 10.0 Å². The highest BCUT2D eigenvalue weighted by Crippen LogP contribution is 2.36. The summed E-state index contributed by atoms with van der Waals surface area (Å²) in [6.07, 6.45) is -2.82. The number of nitrogens with one attached hydrogen (secondary N) is 2. The minimum absolute atomic E-state index is 0.00692. The zero-order chi connectivity index (χ0) is 22.4. The second-order valence-electron chi connectivity index (χ2n) is 6.85. The second-order valence-corrected chi connectivity index (χ2v) is 9.85. The normalized spacial score (nSPS) is 15.1. The largest absolute Gasteiger partial charge is 0.416 e. The van der Waals surface area contributed by atoms with Crippen molar-refractivity contribution < 1.29 is 26.4 Å². The van der Waals surface area contributed by atoms with E-state index in [9.17, 15) is 26.4 Å².